The first kappa shape index (κ1) is 16.8. The number of rotatable bonds is 3. The lowest BCUT2D eigenvalue weighted by Gasteiger charge is -2.20. The van der Waals surface area contributed by atoms with Crippen LogP contribution in [0, 0.1) is 21.4 Å². The molecule has 1 unspecified atom stereocenters. The van der Waals surface area contributed by atoms with Crippen LogP contribution in [0.1, 0.15) is 0 Å². The molecule has 11 heteroatoms. The highest BCUT2D eigenvalue weighted by Gasteiger charge is 2.63. The Kier molecular flexibility index (Phi) is 4.52. The number of nitriles is 1. The largest absolute Gasteiger partial charge is 0.445 e. The highest BCUT2D eigenvalue weighted by Crippen LogP contribution is 2.35. The molecule has 1 atom stereocenters. The van der Waals surface area contributed by atoms with E-state index >= 15 is 0 Å². The van der Waals surface area contributed by atoms with Crippen LogP contribution in [0.5, 0.6) is 0 Å². The monoisotopic (exact) mass is 369 g/mol. The van der Waals surface area contributed by atoms with Crippen molar-refractivity contribution in [3.63, 3.8) is 0 Å². The topological polar surface area (TPSA) is 96.0 Å². The molecule has 1 N–H and O–H groups in total. The molecule has 1 aromatic rings. The molecule has 0 heterocycles. The molecule has 1 amide bonds. The number of hydrogen-bond donors (Lipinski definition) is 1. The Morgan fingerprint density at radius 3 is 2.33 bits per heavy atom. The summed E-state index contributed by atoms with van der Waals surface area (Å²) in [5.74, 6) is -2.24. The number of nitrogens with one attached hydrogen (secondary N) is 1. The minimum absolute atomic E-state index is 0.146. The summed E-state index contributed by atoms with van der Waals surface area (Å²) >= 11 is 2.78. The van der Waals surface area contributed by atoms with Crippen molar-refractivity contribution in [2.75, 3.05) is 5.32 Å². The van der Waals surface area contributed by atoms with Gasteiger partial charge in [-0.1, -0.05) is 0 Å². The lowest BCUT2D eigenvalue weighted by Crippen LogP contribution is -2.50. The van der Waals surface area contributed by atoms with Crippen molar-refractivity contribution in [1.82, 2.24) is 0 Å². The van der Waals surface area contributed by atoms with E-state index in [0.717, 1.165) is 18.2 Å². The van der Waals surface area contributed by atoms with Crippen LogP contribution in [0.25, 0.3) is 0 Å². The zero-order valence-corrected chi connectivity index (χ0v) is 11.3. The van der Waals surface area contributed by atoms with Crippen molar-refractivity contribution in [2.45, 2.75) is 11.8 Å². The second kappa shape index (κ2) is 5.65. The predicted molar refractivity (Wildman–Crippen MR) is 64.9 cm³/mol. The van der Waals surface area contributed by atoms with Gasteiger partial charge < -0.3 is 5.32 Å². The van der Waals surface area contributed by atoms with E-state index in [-0.39, 0.29) is 16.2 Å². The summed E-state index contributed by atoms with van der Waals surface area (Å²) in [6, 6.07) is 2.94. The SMILES string of the molecule is N#CC(F)(C(=O)Nc1ccc([N+](=O)[O-])cc1Br)C(F)(F)F. The second-order valence-electron chi connectivity index (χ2n) is 3.64. The molecule has 6 nitrogen and oxygen atoms in total. The van der Waals surface area contributed by atoms with Crippen LogP contribution < -0.4 is 5.32 Å². The minimum Gasteiger partial charge on any atom is -0.321 e. The molecule has 0 saturated carbocycles. The molecule has 112 valence electrons. The van der Waals surface area contributed by atoms with Crippen LogP contribution in [-0.4, -0.2) is 22.7 Å². The van der Waals surface area contributed by atoms with E-state index in [9.17, 15) is 32.5 Å². The van der Waals surface area contributed by atoms with Gasteiger partial charge in [-0.15, -0.1) is 0 Å². The number of nitrogens with zero attached hydrogens (tertiary/aromatic N) is 2. The third kappa shape index (κ3) is 3.27. The van der Waals surface area contributed by atoms with Crippen LogP contribution >= 0.6 is 15.9 Å². The first-order valence-electron chi connectivity index (χ1n) is 4.95. The number of carbonyl (C=O) groups is 1. The first-order chi connectivity index (χ1) is 9.52. The fraction of sp³-hybridized carbons (Fsp3) is 0.200. The summed E-state index contributed by atoms with van der Waals surface area (Å²) in [5.41, 5.74) is -5.48. The number of benzene rings is 1. The maximum Gasteiger partial charge on any atom is 0.445 e. The Hall–Kier alpha value is -2.22. The van der Waals surface area contributed by atoms with Gasteiger partial charge in [0.05, 0.1) is 10.6 Å². The number of anilines is 1. The van der Waals surface area contributed by atoms with Crippen molar-refractivity contribution in [3.05, 3.63) is 32.8 Å². The number of nitro benzene ring substituents is 1. The zero-order valence-electron chi connectivity index (χ0n) is 9.74. The standard InChI is InChI=1S/C10H4BrF4N3O3/c11-6-3-5(18(20)21)1-2-7(6)17-8(19)9(12,4-16)10(13,14)15/h1-3H,(H,17,19). The van der Waals surface area contributed by atoms with Gasteiger partial charge in [0.2, 0.25) is 0 Å². The summed E-state index contributed by atoms with van der Waals surface area (Å²) in [5, 5.41) is 20.3. The van der Waals surface area contributed by atoms with Crippen LogP contribution in [0.3, 0.4) is 0 Å². The third-order valence-electron chi connectivity index (χ3n) is 2.27. The summed E-state index contributed by atoms with van der Waals surface area (Å²) in [4.78, 5) is 21.0. The Morgan fingerprint density at radius 1 is 1.38 bits per heavy atom. The van der Waals surface area contributed by atoms with Crippen LogP contribution in [0.2, 0.25) is 0 Å². The molecular weight excluding hydrogens is 366 g/mol. The zero-order chi connectivity index (χ0) is 16.4. The molecule has 0 aromatic heterocycles. The van der Waals surface area contributed by atoms with Gasteiger partial charge in [0, 0.05) is 16.6 Å². The summed E-state index contributed by atoms with van der Waals surface area (Å²) < 4.78 is 50.4. The fourth-order valence-corrected chi connectivity index (χ4v) is 1.64. The van der Waals surface area contributed by atoms with Gasteiger partial charge in [-0.3, -0.25) is 14.9 Å². The number of carbonyl (C=O) groups excluding carboxylic acids is 1. The van der Waals surface area contributed by atoms with Crippen molar-refractivity contribution < 1.29 is 27.3 Å². The van der Waals surface area contributed by atoms with Gasteiger partial charge in [-0.05, 0) is 22.0 Å². The highest BCUT2D eigenvalue weighted by molar-refractivity contribution is 9.10. The molecule has 0 bridgehead atoms. The number of amides is 1. The molecule has 1 aromatic carbocycles. The maximum absolute atomic E-state index is 13.4. The van der Waals surface area contributed by atoms with Crippen LogP contribution in [0.15, 0.2) is 22.7 Å². The highest BCUT2D eigenvalue weighted by atomic mass is 79.9. The fourth-order valence-electron chi connectivity index (χ4n) is 1.17. The summed E-state index contributed by atoms with van der Waals surface area (Å²) in [7, 11) is 0. The Bertz CT molecular complexity index is 643. The Morgan fingerprint density at radius 2 is 1.95 bits per heavy atom. The van der Waals surface area contributed by atoms with E-state index in [1.807, 2.05) is 0 Å². The summed E-state index contributed by atoms with van der Waals surface area (Å²) in [6.07, 6.45) is -5.72. The smallest absolute Gasteiger partial charge is 0.321 e. The number of alkyl halides is 4. The van der Waals surface area contributed by atoms with E-state index in [1.165, 1.54) is 0 Å². The molecule has 0 fully saturated rings. The predicted octanol–water partition coefficient (Wildman–Crippen LogP) is 3.09. The van der Waals surface area contributed by atoms with Crippen molar-refractivity contribution in [3.8, 4) is 6.07 Å². The number of halogens is 5. The van der Waals surface area contributed by atoms with Gasteiger partial charge >= 0.3 is 11.8 Å². The molecule has 0 aliphatic heterocycles. The lowest BCUT2D eigenvalue weighted by molar-refractivity contribution is -0.384. The van der Waals surface area contributed by atoms with Gasteiger partial charge in [0.1, 0.15) is 6.07 Å². The van der Waals surface area contributed by atoms with E-state index in [1.54, 1.807) is 5.32 Å². The Balaban J connectivity index is 3.10. The first-order valence-corrected chi connectivity index (χ1v) is 5.74. The van der Waals surface area contributed by atoms with Crippen molar-refractivity contribution >= 4 is 33.2 Å². The van der Waals surface area contributed by atoms with Gasteiger partial charge in [0.15, 0.2) is 0 Å². The molecule has 1 rings (SSSR count). The maximum atomic E-state index is 13.4. The average Bonchev–Trinajstić information content (AvgIpc) is 2.38. The lowest BCUT2D eigenvalue weighted by atomic mass is 10.1. The normalized spacial score (nSPS) is 13.9. The third-order valence-corrected chi connectivity index (χ3v) is 2.93. The van der Waals surface area contributed by atoms with Crippen LogP contribution in [-0.2, 0) is 4.79 Å². The molecule has 0 saturated heterocycles. The second-order valence-corrected chi connectivity index (χ2v) is 4.50. The van der Waals surface area contributed by atoms with Crippen LogP contribution in [0.4, 0.5) is 28.9 Å². The molecule has 0 aliphatic rings. The van der Waals surface area contributed by atoms with E-state index in [2.05, 4.69) is 15.9 Å². The van der Waals surface area contributed by atoms with E-state index < -0.39 is 28.4 Å². The van der Waals surface area contributed by atoms with Crippen molar-refractivity contribution in [1.29, 1.82) is 5.26 Å². The van der Waals surface area contributed by atoms with Gasteiger partial charge in [0.25, 0.3) is 11.6 Å². The molecule has 21 heavy (non-hydrogen) atoms. The van der Waals surface area contributed by atoms with E-state index in [4.69, 9.17) is 5.26 Å². The van der Waals surface area contributed by atoms with Crippen molar-refractivity contribution in [2.24, 2.45) is 0 Å². The van der Waals surface area contributed by atoms with Gasteiger partial charge in [-0.2, -0.15) is 18.4 Å². The molecular formula is C10H4BrF4N3O3. The molecule has 0 spiro atoms. The minimum atomic E-state index is -5.72. The number of nitro groups is 1. The number of hydrogen-bond acceptors (Lipinski definition) is 4. The Labute approximate surface area is 122 Å². The molecule has 0 aliphatic carbocycles. The average molecular weight is 370 g/mol. The quantitative estimate of drug-likeness (QED) is 0.503. The molecule has 0 radical (unpaired) electrons. The van der Waals surface area contributed by atoms with E-state index in [0.29, 0.717) is 0 Å². The summed E-state index contributed by atoms with van der Waals surface area (Å²) in [6.45, 7) is 0. The number of non-ortho nitro benzene ring substituents is 1. The van der Waals surface area contributed by atoms with Gasteiger partial charge in [-0.25, -0.2) is 4.39 Å².